The van der Waals surface area contributed by atoms with Crippen LogP contribution < -0.4 is 10.2 Å². The number of anilines is 1. The van der Waals surface area contributed by atoms with E-state index in [9.17, 15) is 9.59 Å². The molecule has 1 amide bonds. The number of amides is 1. The van der Waals surface area contributed by atoms with Crippen LogP contribution in [-0.4, -0.2) is 42.1 Å². The molecule has 0 unspecified atom stereocenters. The number of halogens is 1. The lowest BCUT2D eigenvalue weighted by molar-refractivity contribution is 0.0509. The third kappa shape index (κ3) is 4.34. The molecule has 22 heavy (non-hydrogen) atoms. The van der Waals surface area contributed by atoms with Gasteiger partial charge >= 0.3 is 6.09 Å². The first-order valence-electron chi connectivity index (χ1n) is 7.13. The van der Waals surface area contributed by atoms with Gasteiger partial charge in [-0.2, -0.15) is 0 Å². The topological polar surface area (TPSA) is 71.5 Å². The summed E-state index contributed by atoms with van der Waals surface area (Å²) in [5.41, 5.74) is 0.705. The van der Waals surface area contributed by atoms with Crippen LogP contribution in [0.15, 0.2) is 12.3 Å². The molecule has 0 aliphatic carbocycles. The molecule has 0 aromatic carbocycles. The van der Waals surface area contributed by atoms with Gasteiger partial charge in [0.1, 0.15) is 10.8 Å². The summed E-state index contributed by atoms with van der Waals surface area (Å²) in [6.45, 7) is 6.79. The zero-order valence-corrected chi connectivity index (χ0v) is 13.7. The Kier molecular flexibility index (Phi) is 4.90. The smallest absolute Gasteiger partial charge is 0.407 e. The van der Waals surface area contributed by atoms with E-state index in [1.54, 1.807) is 6.07 Å². The summed E-state index contributed by atoms with van der Waals surface area (Å²) >= 11 is 5.90. The molecule has 1 N–H and O–H groups in total. The Morgan fingerprint density at radius 2 is 2.27 bits per heavy atom. The highest BCUT2D eigenvalue weighted by Crippen LogP contribution is 2.25. The van der Waals surface area contributed by atoms with Crippen molar-refractivity contribution in [3.05, 3.63) is 23.0 Å². The normalized spacial score (nSPS) is 18.2. The van der Waals surface area contributed by atoms with E-state index in [0.29, 0.717) is 17.3 Å². The van der Waals surface area contributed by atoms with Crippen LogP contribution in [0.3, 0.4) is 0 Å². The number of hydrogen-bond acceptors (Lipinski definition) is 5. The molecule has 1 saturated heterocycles. The van der Waals surface area contributed by atoms with Crippen molar-refractivity contribution in [2.75, 3.05) is 18.0 Å². The van der Waals surface area contributed by atoms with Gasteiger partial charge in [-0.05, 0) is 33.3 Å². The molecular weight excluding hydrogens is 306 g/mol. The first kappa shape index (κ1) is 16.5. The lowest BCUT2D eigenvalue weighted by Gasteiger charge is -2.23. The predicted octanol–water partition coefficient (Wildman–Crippen LogP) is 2.65. The van der Waals surface area contributed by atoms with E-state index in [1.807, 2.05) is 25.7 Å². The maximum atomic E-state index is 11.8. The van der Waals surface area contributed by atoms with Crippen LogP contribution in [0.4, 0.5) is 10.5 Å². The minimum Gasteiger partial charge on any atom is -0.444 e. The second-order valence-electron chi connectivity index (χ2n) is 6.26. The molecule has 2 heterocycles. The standard InChI is InChI=1S/C15H20ClN3O3/c1-15(2,3)22-14(21)18-11-4-5-19(8-11)12-6-13(16)17-7-10(12)9-20/h6-7,9,11H,4-5,8H2,1-3H3,(H,18,21)/t11-/m0/s1. The Morgan fingerprint density at radius 3 is 2.91 bits per heavy atom. The molecule has 1 aromatic heterocycles. The number of aldehydes is 1. The van der Waals surface area contributed by atoms with Crippen molar-refractivity contribution < 1.29 is 14.3 Å². The second-order valence-corrected chi connectivity index (χ2v) is 6.65. The fourth-order valence-corrected chi connectivity index (χ4v) is 2.52. The monoisotopic (exact) mass is 325 g/mol. The van der Waals surface area contributed by atoms with Gasteiger partial charge in [0.2, 0.25) is 0 Å². The minimum atomic E-state index is -0.522. The molecule has 0 radical (unpaired) electrons. The van der Waals surface area contributed by atoms with E-state index in [2.05, 4.69) is 10.3 Å². The van der Waals surface area contributed by atoms with Crippen LogP contribution >= 0.6 is 11.6 Å². The number of hydrogen-bond donors (Lipinski definition) is 1. The summed E-state index contributed by atoms with van der Waals surface area (Å²) in [6, 6.07) is 1.64. The van der Waals surface area contributed by atoms with Crippen molar-refractivity contribution in [3.63, 3.8) is 0 Å². The SMILES string of the molecule is CC(C)(C)OC(=O)N[C@H]1CCN(c2cc(Cl)ncc2C=O)C1. The maximum absolute atomic E-state index is 11.8. The van der Waals surface area contributed by atoms with Crippen LogP contribution in [-0.2, 0) is 4.74 Å². The van der Waals surface area contributed by atoms with Gasteiger partial charge < -0.3 is 15.0 Å². The lowest BCUT2D eigenvalue weighted by Crippen LogP contribution is -2.40. The summed E-state index contributed by atoms with van der Waals surface area (Å²) in [5, 5.41) is 3.18. The Hall–Kier alpha value is -1.82. The molecular formula is C15H20ClN3O3. The zero-order valence-electron chi connectivity index (χ0n) is 12.9. The molecule has 0 spiro atoms. The summed E-state index contributed by atoms with van der Waals surface area (Å²) in [4.78, 5) is 28.8. The van der Waals surface area contributed by atoms with E-state index in [4.69, 9.17) is 16.3 Å². The van der Waals surface area contributed by atoms with E-state index < -0.39 is 11.7 Å². The van der Waals surface area contributed by atoms with Crippen LogP contribution in [0.25, 0.3) is 0 Å². The molecule has 0 saturated carbocycles. The summed E-state index contributed by atoms with van der Waals surface area (Å²) < 4.78 is 5.25. The fourth-order valence-electron chi connectivity index (χ4n) is 2.37. The number of nitrogens with zero attached hydrogens (tertiary/aromatic N) is 2. The van der Waals surface area contributed by atoms with E-state index in [1.165, 1.54) is 6.20 Å². The predicted molar refractivity (Wildman–Crippen MR) is 84.6 cm³/mol. The Balaban J connectivity index is 2.00. The third-order valence-corrected chi connectivity index (χ3v) is 3.46. The van der Waals surface area contributed by atoms with Gasteiger partial charge in [0.15, 0.2) is 6.29 Å². The van der Waals surface area contributed by atoms with Gasteiger partial charge in [0.25, 0.3) is 0 Å². The number of alkyl carbamates (subject to hydrolysis) is 1. The van der Waals surface area contributed by atoms with Crippen LogP contribution in [0.1, 0.15) is 37.6 Å². The van der Waals surface area contributed by atoms with E-state index in [-0.39, 0.29) is 6.04 Å². The number of pyridine rings is 1. The van der Waals surface area contributed by atoms with Gasteiger partial charge in [0, 0.05) is 19.3 Å². The highest BCUT2D eigenvalue weighted by Gasteiger charge is 2.27. The first-order valence-corrected chi connectivity index (χ1v) is 7.51. The molecule has 0 bridgehead atoms. The van der Waals surface area contributed by atoms with Gasteiger partial charge in [0.05, 0.1) is 17.3 Å². The van der Waals surface area contributed by atoms with Crippen molar-refractivity contribution in [3.8, 4) is 0 Å². The van der Waals surface area contributed by atoms with E-state index >= 15 is 0 Å². The number of carbonyl (C=O) groups is 2. The lowest BCUT2D eigenvalue weighted by atomic mass is 10.2. The fraction of sp³-hybridized carbons (Fsp3) is 0.533. The molecule has 1 aromatic rings. The summed E-state index contributed by atoms with van der Waals surface area (Å²) in [6.07, 6.45) is 2.56. The number of rotatable bonds is 3. The van der Waals surface area contributed by atoms with Crippen LogP contribution in [0.2, 0.25) is 5.15 Å². The third-order valence-electron chi connectivity index (χ3n) is 3.26. The highest BCUT2D eigenvalue weighted by molar-refractivity contribution is 6.29. The summed E-state index contributed by atoms with van der Waals surface area (Å²) in [5.74, 6) is 0. The molecule has 1 aliphatic heterocycles. The van der Waals surface area contributed by atoms with Gasteiger partial charge in [-0.1, -0.05) is 11.6 Å². The number of nitrogens with one attached hydrogen (secondary N) is 1. The van der Waals surface area contributed by atoms with Crippen LogP contribution in [0, 0.1) is 0 Å². The summed E-state index contributed by atoms with van der Waals surface area (Å²) in [7, 11) is 0. The average Bonchev–Trinajstić information content (AvgIpc) is 2.84. The largest absolute Gasteiger partial charge is 0.444 e. The van der Waals surface area contributed by atoms with E-state index in [0.717, 1.165) is 24.9 Å². The van der Waals surface area contributed by atoms with Gasteiger partial charge in [-0.25, -0.2) is 9.78 Å². The van der Waals surface area contributed by atoms with Gasteiger partial charge in [-0.3, -0.25) is 4.79 Å². The highest BCUT2D eigenvalue weighted by atomic mass is 35.5. The maximum Gasteiger partial charge on any atom is 0.407 e. The Morgan fingerprint density at radius 1 is 1.55 bits per heavy atom. The number of carbonyl (C=O) groups excluding carboxylic acids is 2. The number of ether oxygens (including phenoxy) is 1. The molecule has 2 rings (SSSR count). The molecule has 6 nitrogen and oxygen atoms in total. The zero-order chi connectivity index (χ0) is 16.3. The van der Waals surface area contributed by atoms with Crippen molar-refractivity contribution in [2.45, 2.75) is 38.8 Å². The molecule has 1 fully saturated rings. The Labute approximate surface area is 134 Å². The average molecular weight is 326 g/mol. The van der Waals surface area contributed by atoms with Crippen molar-refractivity contribution in [1.29, 1.82) is 0 Å². The number of aromatic nitrogens is 1. The molecule has 1 aliphatic rings. The molecule has 1 atom stereocenters. The quantitative estimate of drug-likeness (QED) is 0.683. The minimum absolute atomic E-state index is 0.0266. The first-order chi connectivity index (χ1) is 10.3. The molecule has 7 heteroatoms. The van der Waals surface area contributed by atoms with Crippen molar-refractivity contribution in [1.82, 2.24) is 10.3 Å². The molecule has 120 valence electrons. The second kappa shape index (κ2) is 6.52. The van der Waals surface area contributed by atoms with Crippen molar-refractivity contribution >= 4 is 29.7 Å². The van der Waals surface area contributed by atoms with Gasteiger partial charge in [-0.15, -0.1) is 0 Å². The van der Waals surface area contributed by atoms with Crippen LogP contribution in [0.5, 0.6) is 0 Å². The Bertz CT molecular complexity index is 572. The van der Waals surface area contributed by atoms with Crippen molar-refractivity contribution in [2.24, 2.45) is 0 Å².